The summed E-state index contributed by atoms with van der Waals surface area (Å²) in [6, 6.07) is 20.4. The van der Waals surface area contributed by atoms with Crippen LogP contribution in [0.15, 0.2) is 71.8 Å². The molecule has 3 N–H and O–H groups in total. The molecule has 2 heterocycles. The number of aromatic nitrogens is 3. The Balaban J connectivity index is 1.64. The average molecular weight is 481 g/mol. The quantitative estimate of drug-likeness (QED) is 0.342. The van der Waals surface area contributed by atoms with Gasteiger partial charge in [-0.05, 0) is 60.5 Å². The number of hydrogen-bond acceptors (Lipinski definition) is 7. The highest BCUT2D eigenvalue weighted by Gasteiger charge is 2.24. The number of amides is 1. The van der Waals surface area contributed by atoms with Crippen LogP contribution < -0.4 is 20.5 Å². The number of ether oxygens (including phenoxy) is 2. The Labute approximate surface area is 207 Å². The van der Waals surface area contributed by atoms with Crippen LogP contribution in [0, 0.1) is 6.92 Å². The van der Waals surface area contributed by atoms with Gasteiger partial charge in [-0.2, -0.15) is 9.78 Å². The summed E-state index contributed by atoms with van der Waals surface area (Å²) >= 11 is 0. The zero-order valence-electron chi connectivity index (χ0n) is 20.0. The zero-order valence-corrected chi connectivity index (χ0v) is 20.0. The highest BCUT2D eigenvalue weighted by Crippen LogP contribution is 2.30. The summed E-state index contributed by atoms with van der Waals surface area (Å²) in [5.41, 5.74) is 11.2. The van der Waals surface area contributed by atoms with E-state index in [-0.39, 0.29) is 11.4 Å². The Hall–Kier alpha value is -4.92. The molecule has 2 aromatic heterocycles. The lowest BCUT2D eigenvalue weighted by atomic mass is 10.2. The van der Waals surface area contributed by atoms with E-state index in [4.69, 9.17) is 25.2 Å². The van der Waals surface area contributed by atoms with Crippen molar-refractivity contribution in [3.63, 3.8) is 0 Å². The molecular weight excluding hydrogens is 456 g/mol. The number of nitrogens with zero attached hydrogens (tertiary/aromatic N) is 4. The first-order valence-corrected chi connectivity index (χ1v) is 11.2. The summed E-state index contributed by atoms with van der Waals surface area (Å²) in [6.45, 7) is 1.95. The van der Waals surface area contributed by atoms with Crippen LogP contribution in [-0.4, -0.2) is 41.0 Å². The smallest absolute Gasteiger partial charge is 0.261 e. The fourth-order valence-electron chi connectivity index (χ4n) is 3.96. The normalized spacial score (nSPS) is 11.3. The van der Waals surface area contributed by atoms with Gasteiger partial charge in [-0.25, -0.2) is 9.97 Å². The van der Waals surface area contributed by atoms with Gasteiger partial charge in [0.1, 0.15) is 16.9 Å². The number of carbonyl (C=O) groups is 1. The molecule has 0 fully saturated rings. The molecule has 0 radical (unpaired) electrons. The molecule has 0 aliphatic carbocycles. The van der Waals surface area contributed by atoms with Gasteiger partial charge in [0.15, 0.2) is 17.1 Å². The lowest BCUT2D eigenvalue weighted by Crippen LogP contribution is -2.14. The van der Waals surface area contributed by atoms with E-state index in [2.05, 4.69) is 10.4 Å². The van der Waals surface area contributed by atoms with E-state index in [1.54, 1.807) is 32.6 Å². The SMILES string of the molecule is COc1ccc(/C=N/n2c(N)c(C(=O)Nc3cccc(C)c3)c3nc4ccccc4nc32)cc1OC. The second-order valence-electron chi connectivity index (χ2n) is 8.14. The lowest BCUT2D eigenvalue weighted by molar-refractivity contribution is 0.102. The number of benzene rings is 3. The average Bonchev–Trinajstić information content (AvgIpc) is 3.15. The number of hydrogen-bond donors (Lipinski definition) is 2. The number of anilines is 2. The lowest BCUT2D eigenvalue weighted by Gasteiger charge is -2.07. The number of methoxy groups -OCH3 is 2. The molecule has 9 nitrogen and oxygen atoms in total. The third-order valence-electron chi connectivity index (χ3n) is 5.71. The maximum absolute atomic E-state index is 13.4. The van der Waals surface area contributed by atoms with Gasteiger partial charge in [0.05, 0.1) is 31.5 Å². The Morgan fingerprint density at radius 1 is 0.972 bits per heavy atom. The van der Waals surface area contributed by atoms with Gasteiger partial charge in [-0.1, -0.05) is 24.3 Å². The van der Waals surface area contributed by atoms with E-state index >= 15 is 0 Å². The molecular formula is C27H24N6O3. The number of fused-ring (bicyclic) bond motifs is 2. The standard InChI is InChI=1S/C27H24N6O3/c1-16-7-6-8-18(13-16)30-27(34)23-24-26(32-20-10-5-4-9-19(20)31-24)33(25(23)28)29-15-17-11-12-21(35-2)22(14-17)36-3/h4-15H,28H2,1-3H3,(H,30,34)/b29-15+. The van der Waals surface area contributed by atoms with Crippen LogP contribution >= 0.6 is 0 Å². The van der Waals surface area contributed by atoms with Crippen LogP contribution in [-0.2, 0) is 0 Å². The van der Waals surface area contributed by atoms with Gasteiger partial charge >= 0.3 is 0 Å². The highest BCUT2D eigenvalue weighted by molar-refractivity contribution is 6.16. The summed E-state index contributed by atoms with van der Waals surface area (Å²) in [5, 5.41) is 7.47. The summed E-state index contributed by atoms with van der Waals surface area (Å²) in [5.74, 6) is 0.902. The van der Waals surface area contributed by atoms with Crippen molar-refractivity contribution >= 4 is 45.8 Å². The highest BCUT2D eigenvalue weighted by atomic mass is 16.5. The van der Waals surface area contributed by atoms with Crippen LogP contribution in [0.3, 0.4) is 0 Å². The van der Waals surface area contributed by atoms with Crippen molar-refractivity contribution in [3.8, 4) is 11.5 Å². The van der Waals surface area contributed by atoms with Crippen molar-refractivity contribution in [3.05, 3.63) is 83.4 Å². The third-order valence-corrected chi connectivity index (χ3v) is 5.71. The molecule has 0 bridgehead atoms. The van der Waals surface area contributed by atoms with Crippen molar-refractivity contribution in [2.24, 2.45) is 5.10 Å². The van der Waals surface area contributed by atoms with Crippen molar-refractivity contribution in [1.29, 1.82) is 0 Å². The van der Waals surface area contributed by atoms with Crippen molar-refractivity contribution < 1.29 is 14.3 Å². The van der Waals surface area contributed by atoms with Gasteiger partial charge in [-0.3, -0.25) is 4.79 Å². The minimum atomic E-state index is -0.396. The van der Waals surface area contributed by atoms with E-state index in [9.17, 15) is 4.79 Å². The van der Waals surface area contributed by atoms with Crippen molar-refractivity contribution in [1.82, 2.24) is 14.6 Å². The number of nitrogens with one attached hydrogen (secondary N) is 1. The third kappa shape index (κ3) is 4.18. The number of nitrogens with two attached hydrogens (primary N) is 1. The monoisotopic (exact) mass is 480 g/mol. The predicted molar refractivity (Wildman–Crippen MR) is 141 cm³/mol. The summed E-state index contributed by atoms with van der Waals surface area (Å²) in [4.78, 5) is 22.8. The molecule has 0 saturated carbocycles. The maximum Gasteiger partial charge on any atom is 0.261 e. The molecule has 0 aliphatic heterocycles. The maximum atomic E-state index is 13.4. The largest absolute Gasteiger partial charge is 0.493 e. The first-order chi connectivity index (χ1) is 17.5. The van der Waals surface area contributed by atoms with E-state index in [1.165, 1.54) is 4.68 Å². The Bertz CT molecular complexity index is 1640. The first-order valence-electron chi connectivity index (χ1n) is 11.2. The Kier molecular flexibility index (Phi) is 5.95. The van der Waals surface area contributed by atoms with Gasteiger partial charge in [-0.15, -0.1) is 0 Å². The topological polar surface area (TPSA) is 117 Å². The van der Waals surface area contributed by atoms with Crippen molar-refractivity contribution in [2.45, 2.75) is 6.92 Å². The Morgan fingerprint density at radius 3 is 2.44 bits per heavy atom. The molecule has 5 rings (SSSR count). The van der Waals surface area contributed by atoms with Crippen LogP contribution in [0.4, 0.5) is 11.5 Å². The van der Waals surface area contributed by atoms with Crippen LogP contribution in [0.2, 0.25) is 0 Å². The minimum Gasteiger partial charge on any atom is -0.493 e. The van der Waals surface area contributed by atoms with E-state index in [1.807, 2.05) is 61.5 Å². The van der Waals surface area contributed by atoms with Gasteiger partial charge in [0.2, 0.25) is 0 Å². The number of para-hydroxylation sites is 2. The zero-order chi connectivity index (χ0) is 25.2. The van der Waals surface area contributed by atoms with Crippen molar-refractivity contribution in [2.75, 3.05) is 25.3 Å². The molecule has 0 spiro atoms. The van der Waals surface area contributed by atoms with Crippen LogP contribution in [0.25, 0.3) is 22.2 Å². The van der Waals surface area contributed by atoms with E-state index < -0.39 is 5.91 Å². The number of aryl methyl sites for hydroxylation is 1. The number of rotatable bonds is 6. The molecule has 0 atom stereocenters. The number of carbonyl (C=O) groups excluding carboxylic acids is 1. The van der Waals surface area contributed by atoms with Crippen LogP contribution in [0.5, 0.6) is 11.5 Å². The second kappa shape index (κ2) is 9.38. The molecule has 36 heavy (non-hydrogen) atoms. The molecule has 1 amide bonds. The summed E-state index contributed by atoms with van der Waals surface area (Å²) < 4.78 is 12.1. The van der Waals surface area contributed by atoms with Crippen LogP contribution in [0.1, 0.15) is 21.5 Å². The number of nitrogen functional groups attached to an aromatic ring is 1. The van der Waals surface area contributed by atoms with Gasteiger partial charge < -0.3 is 20.5 Å². The van der Waals surface area contributed by atoms with E-state index in [0.717, 1.165) is 11.1 Å². The minimum absolute atomic E-state index is 0.127. The first kappa shape index (κ1) is 22.9. The molecule has 9 heteroatoms. The fraction of sp³-hybridized carbons (Fsp3) is 0.111. The Morgan fingerprint density at radius 2 is 1.72 bits per heavy atom. The molecule has 180 valence electrons. The van der Waals surface area contributed by atoms with E-state index in [0.29, 0.717) is 39.4 Å². The molecule has 5 aromatic rings. The summed E-state index contributed by atoms with van der Waals surface area (Å²) in [7, 11) is 3.14. The molecule has 0 saturated heterocycles. The molecule has 0 aliphatic rings. The summed E-state index contributed by atoms with van der Waals surface area (Å²) in [6.07, 6.45) is 1.61. The molecule has 3 aromatic carbocycles. The fourth-order valence-corrected chi connectivity index (χ4v) is 3.96. The van der Waals surface area contributed by atoms with Gasteiger partial charge in [0, 0.05) is 5.69 Å². The predicted octanol–water partition coefficient (Wildman–Crippen LogP) is 4.63. The van der Waals surface area contributed by atoms with Gasteiger partial charge in [0.25, 0.3) is 5.91 Å². The molecule has 0 unspecified atom stereocenters. The second-order valence-corrected chi connectivity index (χ2v) is 8.14.